The van der Waals surface area contributed by atoms with E-state index in [-0.39, 0.29) is 18.4 Å². The minimum absolute atomic E-state index is 0.144. The number of ether oxygens (including phenoxy) is 1. The second kappa shape index (κ2) is 5.92. The van der Waals surface area contributed by atoms with Gasteiger partial charge in [0.05, 0.1) is 12.5 Å². The van der Waals surface area contributed by atoms with E-state index in [9.17, 15) is 14.7 Å². The molecule has 6 heteroatoms. The van der Waals surface area contributed by atoms with E-state index < -0.39 is 12.0 Å². The number of anilines is 1. The lowest BCUT2D eigenvalue weighted by molar-refractivity contribution is -0.148. The first-order chi connectivity index (χ1) is 9.51. The number of nitrogens with zero attached hydrogens (tertiary/aromatic N) is 1. The number of amides is 1. The Hall–Kier alpha value is -2.08. The molecular formula is C14H18N2O4. The smallest absolute Gasteiger partial charge is 0.326 e. The molecule has 6 nitrogen and oxygen atoms in total. The number of aliphatic carboxylic acids is 1. The highest BCUT2D eigenvalue weighted by molar-refractivity contribution is 5.85. The Morgan fingerprint density at radius 3 is 2.85 bits per heavy atom. The van der Waals surface area contributed by atoms with Crippen LogP contribution in [0.3, 0.4) is 0 Å². The van der Waals surface area contributed by atoms with Crippen molar-refractivity contribution >= 4 is 17.6 Å². The van der Waals surface area contributed by atoms with Crippen LogP contribution in [0, 0.1) is 0 Å². The summed E-state index contributed by atoms with van der Waals surface area (Å²) in [5.74, 6) is -1.21. The predicted molar refractivity (Wildman–Crippen MR) is 73.1 cm³/mol. The van der Waals surface area contributed by atoms with Crippen molar-refractivity contribution in [3.05, 3.63) is 29.8 Å². The van der Waals surface area contributed by atoms with Gasteiger partial charge in [-0.05, 0) is 17.7 Å². The molecule has 0 radical (unpaired) electrons. The standard InChI is InChI=1S/C14H18N2O4/c1-20-11-7-12(14(18)19)16(8-11)13(17)6-9-3-2-4-10(15)5-9/h2-5,11-12H,6-8,15H2,1H3,(H,18,19). The maximum atomic E-state index is 12.3. The third-order valence-electron chi connectivity index (χ3n) is 3.51. The van der Waals surface area contributed by atoms with E-state index >= 15 is 0 Å². The number of benzene rings is 1. The fourth-order valence-electron chi connectivity index (χ4n) is 2.46. The van der Waals surface area contributed by atoms with E-state index in [2.05, 4.69) is 0 Å². The first-order valence-electron chi connectivity index (χ1n) is 6.40. The Balaban J connectivity index is 2.09. The third kappa shape index (κ3) is 3.08. The molecule has 1 saturated heterocycles. The monoisotopic (exact) mass is 278 g/mol. The van der Waals surface area contributed by atoms with Gasteiger partial charge in [-0.25, -0.2) is 4.79 Å². The van der Waals surface area contributed by atoms with Crippen LogP contribution in [0.4, 0.5) is 5.69 Å². The molecule has 0 saturated carbocycles. The highest BCUT2D eigenvalue weighted by Crippen LogP contribution is 2.21. The van der Waals surface area contributed by atoms with Crippen LogP contribution in [0.2, 0.25) is 0 Å². The average molecular weight is 278 g/mol. The summed E-state index contributed by atoms with van der Waals surface area (Å²) in [5.41, 5.74) is 7.03. The molecule has 0 aromatic heterocycles. The summed E-state index contributed by atoms with van der Waals surface area (Å²) in [6.07, 6.45) is 0.251. The molecule has 1 aromatic rings. The molecule has 3 N–H and O–H groups in total. The van der Waals surface area contributed by atoms with Gasteiger partial charge in [0.15, 0.2) is 0 Å². The Labute approximate surface area is 117 Å². The van der Waals surface area contributed by atoms with Crippen LogP contribution >= 0.6 is 0 Å². The molecule has 0 spiro atoms. The van der Waals surface area contributed by atoms with Crippen LogP contribution in [0.5, 0.6) is 0 Å². The topological polar surface area (TPSA) is 92.9 Å². The van der Waals surface area contributed by atoms with Gasteiger partial charge in [0, 0.05) is 25.8 Å². The number of nitrogen functional groups attached to an aromatic ring is 1. The van der Waals surface area contributed by atoms with Gasteiger partial charge in [-0.1, -0.05) is 12.1 Å². The van der Waals surface area contributed by atoms with Crippen molar-refractivity contribution in [1.29, 1.82) is 0 Å². The Morgan fingerprint density at radius 2 is 2.25 bits per heavy atom. The van der Waals surface area contributed by atoms with Gasteiger partial charge < -0.3 is 20.5 Å². The van der Waals surface area contributed by atoms with Gasteiger partial charge in [-0.15, -0.1) is 0 Å². The van der Waals surface area contributed by atoms with Crippen LogP contribution in [0.25, 0.3) is 0 Å². The van der Waals surface area contributed by atoms with Crippen LogP contribution in [0.1, 0.15) is 12.0 Å². The van der Waals surface area contributed by atoms with E-state index in [1.807, 2.05) is 0 Å². The molecule has 0 bridgehead atoms. The fourth-order valence-corrected chi connectivity index (χ4v) is 2.46. The van der Waals surface area contributed by atoms with Gasteiger partial charge in [0.25, 0.3) is 0 Å². The van der Waals surface area contributed by atoms with E-state index in [1.54, 1.807) is 24.3 Å². The van der Waals surface area contributed by atoms with Crippen molar-refractivity contribution in [2.45, 2.75) is 25.0 Å². The number of likely N-dealkylation sites (tertiary alicyclic amines) is 1. The number of methoxy groups -OCH3 is 1. The third-order valence-corrected chi connectivity index (χ3v) is 3.51. The second-order valence-corrected chi connectivity index (χ2v) is 4.92. The molecule has 0 aliphatic carbocycles. The van der Waals surface area contributed by atoms with Crippen molar-refractivity contribution in [3.8, 4) is 0 Å². The summed E-state index contributed by atoms with van der Waals surface area (Å²) < 4.78 is 5.16. The molecular weight excluding hydrogens is 260 g/mol. The molecule has 1 fully saturated rings. The van der Waals surface area contributed by atoms with Gasteiger partial charge >= 0.3 is 5.97 Å². The minimum Gasteiger partial charge on any atom is -0.480 e. The molecule has 2 unspecified atom stereocenters. The molecule has 20 heavy (non-hydrogen) atoms. The zero-order valence-electron chi connectivity index (χ0n) is 11.3. The Morgan fingerprint density at radius 1 is 1.50 bits per heavy atom. The lowest BCUT2D eigenvalue weighted by atomic mass is 10.1. The van der Waals surface area contributed by atoms with E-state index in [1.165, 1.54) is 12.0 Å². The lowest BCUT2D eigenvalue weighted by Gasteiger charge is -2.21. The summed E-state index contributed by atoms with van der Waals surface area (Å²) in [7, 11) is 1.52. The Kier molecular flexibility index (Phi) is 4.24. The number of nitrogens with two attached hydrogens (primary N) is 1. The molecule has 1 aliphatic rings. The average Bonchev–Trinajstić information content (AvgIpc) is 2.83. The molecule has 1 heterocycles. The van der Waals surface area contributed by atoms with Crippen molar-refractivity contribution in [3.63, 3.8) is 0 Å². The van der Waals surface area contributed by atoms with Crippen molar-refractivity contribution in [1.82, 2.24) is 4.90 Å². The fraction of sp³-hybridized carbons (Fsp3) is 0.429. The molecule has 108 valence electrons. The highest BCUT2D eigenvalue weighted by Gasteiger charge is 2.39. The lowest BCUT2D eigenvalue weighted by Crippen LogP contribution is -2.41. The molecule has 2 rings (SSSR count). The number of carboxylic acid groups (broad SMARTS) is 1. The summed E-state index contributed by atoms with van der Waals surface area (Å²) >= 11 is 0. The van der Waals surface area contributed by atoms with E-state index in [0.717, 1.165) is 5.56 Å². The molecule has 2 atom stereocenters. The van der Waals surface area contributed by atoms with Gasteiger partial charge in [-0.3, -0.25) is 4.79 Å². The summed E-state index contributed by atoms with van der Waals surface area (Å²) in [4.78, 5) is 24.9. The predicted octanol–water partition coefficient (Wildman–Crippen LogP) is 0.512. The van der Waals surface area contributed by atoms with Crippen LogP contribution in [-0.2, 0) is 20.7 Å². The number of carbonyl (C=O) groups is 2. The minimum atomic E-state index is -0.995. The molecule has 1 aromatic carbocycles. The highest BCUT2D eigenvalue weighted by atomic mass is 16.5. The number of hydrogen-bond acceptors (Lipinski definition) is 4. The summed E-state index contributed by atoms with van der Waals surface area (Å²) in [5, 5.41) is 9.19. The van der Waals surface area contributed by atoms with Crippen molar-refractivity contribution in [2.24, 2.45) is 0 Å². The van der Waals surface area contributed by atoms with Crippen LogP contribution in [0.15, 0.2) is 24.3 Å². The maximum Gasteiger partial charge on any atom is 0.326 e. The van der Waals surface area contributed by atoms with Crippen molar-refractivity contribution in [2.75, 3.05) is 19.4 Å². The van der Waals surface area contributed by atoms with Gasteiger partial charge in [0.2, 0.25) is 5.91 Å². The molecule has 1 aliphatic heterocycles. The first-order valence-corrected chi connectivity index (χ1v) is 6.40. The normalized spacial score (nSPS) is 21.9. The maximum absolute atomic E-state index is 12.3. The number of carboxylic acids is 1. The Bertz CT molecular complexity index is 518. The number of rotatable bonds is 4. The number of hydrogen-bond donors (Lipinski definition) is 2. The van der Waals surface area contributed by atoms with Crippen LogP contribution < -0.4 is 5.73 Å². The first kappa shape index (κ1) is 14.3. The zero-order valence-corrected chi connectivity index (χ0v) is 11.3. The SMILES string of the molecule is COC1CC(C(=O)O)N(C(=O)Cc2cccc(N)c2)C1. The summed E-state index contributed by atoms with van der Waals surface area (Å²) in [6, 6.07) is 6.22. The van der Waals surface area contributed by atoms with Gasteiger partial charge in [-0.2, -0.15) is 0 Å². The van der Waals surface area contributed by atoms with E-state index in [0.29, 0.717) is 18.7 Å². The number of carbonyl (C=O) groups excluding carboxylic acids is 1. The quantitative estimate of drug-likeness (QED) is 0.783. The van der Waals surface area contributed by atoms with Crippen molar-refractivity contribution < 1.29 is 19.4 Å². The summed E-state index contributed by atoms with van der Waals surface area (Å²) in [6.45, 7) is 0.314. The second-order valence-electron chi connectivity index (χ2n) is 4.92. The van der Waals surface area contributed by atoms with E-state index in [4.69, 9.17) is 10.5 Å². The van der Waals surface area contributed by atoms with Crippen LogP contribution in [-0.4, -0.2) is 47.7 Å². The zero-order chi connectivity index (χ0) is 14.7. The van der Waals surface area contributed by atoms with Gasteiger partial charge in [0.1, 0.15) is 6.04 Å². The largest absolute Gasteiger partial charge is 0.480 e. The molecule has 1 amide bonds.